The van der Waals surface area contributed by atoms with Crippen molar-refractivity contribution in [1.82, 2.24) is 20.3 Å². The first-order chi connectivity index (χ1) is 17.5. The molecule has 0 radical (unpaired) electrons. The number of fused-ring (bicyclic) bond motifs is 2. The average Bonchev–Trinajstić information content (AvgIpc) is 3.63. The van der Waals surface area contributed by atoms with Crippen molar-refractivity contribution in [1.29, 1.82) is 0 Å². The summed E-state index contributed by atoms with van der Waals surface area (Å²) in [6, 6.07) is 16.3. The second kappa shape index (κ2) is 9.00. The lowest BCUT2D eigenvalue weighted by Crippen LogP contribution is -2.26. The Hall–Kier alpha value is -3.81. The summed E-state index contributed by atoms with van der Waals surface area (Å²) in [4.78, 5) is 27.9. The van der Waals surface area contributed by atoms with Crippen molar-refractivity contribution < 1.29 is 14.4 Å². The molecule has 4 aromatic rings. The Morgan fingerprint density at radius 3 is 2.67 bits per heavy atom. The van der Waals surface area contributed by atoms with Gasteiger partial charge in [-0.1, -0.05) is 29.8 Å². The molecular weight excluding hydrogens is 452 g/mol. The highest BCUT2D eigenvalue weighted by Gasteiger charge is 2.39. The maximum Gasteiger partial charge on any atom is 0.251 e. The molecule has 2 aromatic carbocycles. The molecule has 0 spiro atoms. The number of aryl methyl sites for hydroxylation is 3. The predicted octanol–water partition coefficient (Wildman–Crippen LogP) is 4.83. The van der Waals surface area contributed by atoms with Crippen LogP contribution in [0.5, 0.6) is 5.75 Å². The number of rotatable bonds is 6. The Morgan fingerprint density at radius 1 is 1.08 bits per heavy atom. The minimum absolute atomic E-state index is 0.0676. The molecule has 6 rings (SSSR count). The van der Waals surface area contributed by atoms with E-state index in [4.69, 9.17) is 14.6 Å². The number of nitrogens with one attached hydrogen (secondary N) is 1. The van der Waals surface area contributed by atoms with Crippen molar-refractivity contribution in [2.24, 2.45) is 0 Å². The van der Waals surface area contributed by atoms with Crippen LogP contribution in [0.2, 0.25) is 0 Å². The first kappa shape index (κ1) is 22.6. The van der Waals surface area contributed by atoms with Crippen molar-refractivity contribution in [2.45, 2.75) is 33.2 Å². The molecule has 0 saturated carbocycles. The number of amides is 1. The molecule has 0 aliphatic carbocycles. The first-order valence-corrected chi connectivity index (χ1v) is 12.3. The first-order valence-electron chi connectivity index (χ1n) is 12.3. The van der Waals surface area contributed by atoms with Gasteiger partial charge in [-0.05, 0) is 56.2 Å². The van der Waals surface area contributed by atoms with Crippen molar-refractivity contribution in [2.75, 3.05) is 19.9 Å². The molecule has 1 fully saturated rings. The Balaban J connectivity index is 1.24. The molecule has 7 nitrogen and oxygen atoms in total. The molecular formula is C29H28N4O3. The SMILES string of the molecule is Cc1ccc(-c2nc(CCNC(=O)c3cc(C)c4nccc(C)c4c3)cc3c2OCC3N2CO2)cc1. The van der Waals surface area contributed by atoms with Gasteiger partial charge in [0, 0.05) is 46.9 Å². The quantitative estimate of drug-likeness (QED) is 0.398. The maximum atomic E-state index is 13.0. The van der Waals surface area contributed by atoms with Crippen LogP contribution in [0.3, 0.4) is 0 Å². The minimum Gasteiger partial charge on any atom is -0.489 e. The summed E-state index contributed by atoms with van der Waals surface area (Å²) in [5, 5.41) is 6.01. The van der Waals surface area contributed by atoms with Gasteiger partial charge >= 0.3 is 0 Å². The zero-order valence-electron chi connectivity index (χ0n) is 20.7. The van der Waals surface area contributed by atoms with E-state index in [0.29, 0.717) is 31.9 Å². The van der Waals surface area contributed by atoms with Gasteiger partial charge in [0.2, 0.25) is 0 Å². The van der Waals surface area contributed by atoms with Gasteiger partial charge in [-0.3, -0.25) is 14.6 Å². The van der Waals surface area contributed by atoms with Gasteiger partial charge in [0.1, 0.15) is 25.1 Å². The highest BCUT2D eigenvalue weighted by Crippen LogP contribution is 2.44. The summed E-state index contributed by atoms with van der Waals surface area (Å²) in [5.41, 5.74) is 8.74. The van der Waals surface area contributed by atoms with Crippen molar-refractivity contribution >= 4 is 16.8 Å². The lowest BCUT2D eigenvalue weighted by Gasteiger charge is -2.13. The third kappa shape index (κ3) is 4.21. The lowest BCUT2D eigenvalue weighted by molar-refractivity contribution is 0.0954. The van der Waals surface area contributed by atoms with E-state index in [1.807, 2.05) is 37.1 Å². The summed E-state index contributed by atoms with van der Waals surface area (Å²) < 4.78 is 6.08. The average molecular weight is 481 g/mol. The standard InChI is InChI=1S/C29H28N4O3/c1-17-4-6-20(7-5-17)27-28-24(25(15-35-28)33-16-36-33)14-22(32-27)9-11-31-29(34)21-12-19(3)26-23(13-21)18(2)8-10-30-26/h4-8,10,12-14,25H,9,11,15-16H2,1-3H3,(H,31,34). The Morgan fingerprint density at radius 2 is 1.89 bits per heavy atom. The Labute approximate surface area is 210 Å². The molecule has 2 aliphatic rings. The molecule has 4 heterocycles. The smallest absolute Gasteiger partial charge is 0.251 e. The molecule has 1 N–H and O–H groups in total. The number of pyridine rings is 2. The third-order valence-electron chi connectivity index (χ3n) is 6.93. The van der Waals surface area contributed by atoms with Gasteiger partial charge in [-0.2, -0.15) is 0 Å². The molecule has 36 heavy (non-hydrogen) atoms. The van der Waals surface area contributed by atoms with Crippen LogP contribution < -0.4 is 10.1 Å². The summed E-state index contributed by atoms with van der Waals surface area (Å²) in [7, 11) is 0. The number of hydroxylamine groups is 2. The number of carbonyl (C=O) groups is 1. The summed E-state index contributed by atoms with van der Waals surface area (Å²) in [6.07, 6.45) is 2.42. The monoisotopic (exact) mass is 480 g/mol. The molecule has 2 atom stereocenters. The Bertz CT molecular complexity index is 1480. The van der Waals surface area contributed by atoms with Crippen LogP contribution in [0.25, 0.3) is 22.2 Å². The highest BCUT2D eigenvalue weighted by molar-refractivity contribution is 5.99. The fourth-order valence-corrected chi connectivity index (χ4v) is 4.85. The van der Waals surface area contributed by atoms with E-state index in [1.165, 1.54) is 5.56 Å². The van der Waals surface area contributed by atoms with Gasteiger partial charge in [0.15, 0.2) is 5.75 Å². The zero-order valence-corrected chi connectivity index (χ0v) is 20.7. The van der Waals surface area contributed by atoms with E-state index in [-0.39, 0.29) is 11.9 Å². The fourth-order valence-electron chi connectivity index (χ4n) is 4.85. The molecule has 2 aromatic heterocycles. The van der Waals surface area contributed by atoms with Crippen molar-refractivity contribution in [3.05, 3.63) is 88.2 Å². The number of aromatic nitrogens is 2. The maximum absolute atomic E-state index is 13.0. The van der Waals surface area contributed by atoms with Crippen LogP contribution in [0.1, 0.15) is 44.3 Å². The Kier molecular flexibility index (Phi) is 5.66. The second-order valence-electron chi connectivity index (χ2n) is 9.57. The third-order valence-corrected chi connectivity index (χ3v) is 6.93. The molecule has 7 heteroatoms. The number of ether oxygens (including phenoxy) is 1. The van der Waals surface area contributed by atoms with Crippen LogP contribution in [-0.2, 0) is 11.3 Å². The highest BCUT2D eigenvalue weighted by atomic mass is 16.8. The summed E-state index contributed by atoms with van der Waals surface area (Å²) >= 11 is 0. The number of hydrogen-bond donors (Lipinski definition) is 1. The van der Waals surface area contributed by atoms with E-state index in [1.54, 1.807) is 6.20 Å². The minimum atomic E-state index is -0.0955. The normalized spacial score (nSPS) is 18.1. The van der Waals surface area contributed by atoms with Gasteiger partial charge in [0.25, 0.3) is 5.91 Å². The van der Waals surface area contributed by atoms with Crippen LogP contribution in [-0.4, -0.2) is 40.8 Å². The zero-order chi connectivity index (χ0) is 24.8. The molecule has 2 aliphatic heterocycles. The van der Waals surface area contributed by atoms with Crippen molar-refractivity contribution in [3.8, 4) is 17.0 Å². The van der Waals surface area contributed by atoms with E-state index >= 15 is 0 Å². The van der Waals surface area contributed by atoms with Gasteiger partial charge in [-0.25, -0.2) is 4.98 Å². The van der Waals surface area contributed by atoms with Gasteiger partial charge in [0.05, 0.1) is 5.52 Å². The van der Waals surface area contributed by atoms with Crippen molar-refractivity contribution in [3.63, 3.8) is 0 Å². The van der Waals surface area contributed by atoms with E-state index in [0.717, 1.165) is 50.3 Å². The van der Waals surface area contributed by atoms with Crippen LogP contribution in [0, 0.1) is 20.8 Å². The summed E-state index contributed by atoms with van der Waals surface area (Å²) in [5.74, 6) is 0.727. The van der Waals surface area contributed by atoms with E-state index in [2.05, 4.69) is 47.6 Å². The topological polar surface area (TPSA) is 79.7 Å². The van der Waals surface area contributed by atoms with E-state index < -0.39 is 0 Å². The molecule has 1 saturated heterocycles. The van der Waals surface area contributed by atoms with Crippen LogP contribution in [0.15, 0.2) is 54.7 Å². The van der Waals surface area contributed by atoms with Gasteiger partial charge < -0.3 is 10.1 Å². The predicted molar refractivity (Wildman–Crippen MR) is 138 cm³/mol. The fraction of sp³-hybridized carbons (Fsp3) is 0.276. The number of hydrogen-bond acceptors (Lipinski definition) is 6. The number of benzene rings is 2. The van der Waals surface area contributed by atoms with Crippen LogP contribution >= 0.6 is 0 Å². The second-order valence-corrected chi connectivity index (χ2v) is 9.57. The molecule has 0 bridgehead atoms. The molecule has 2 unspecified atom stereocenters. The largest absolute Gasteiger partial charge is 0.489 e. The van der Waals surface area contributed by atoms with Gasteiger partial charge in [-0.15, -0.1) is 5.06 Å². The van der Waals surface area contributed by atoms with E-state index in [9.17, 15) is 4.79 Å². The summed E-state index contributed by atoms with van der Waals surface area (Å²) in [6.45, 7) is 7.74. The molecule has 182 valence electrons. The lowest BCUT2D eigenvalue weighted by atomic mass is 10.0. The molecule has 1 amide bonds. The number of nitrogens with zero attached hydrogens (tertiary/aromatic N) is 3. The number of carbonyl (C=O) groups excluding carboxylic acids is 1. The van der Waals surface area contributed by atoms with Crippen LogP contribution in [0.4, 0.5) is 0 Å².